The van der Waals surface area contributed by atoms with Gasteiger partial charge in [0.25, 0.3) is 5.91 Å². The fourth-order valence-corrected chi connectivity index (χ4v) is 1.86. The van der Waals surface area contributed by atoms with E-state index in [1.54, 1.807) is 18.2 Å². The van der Waals surface area contributed by atoms with Crippen molar-refractivity contribution in [3.05, 3.63) is 54.1 Å². The molecule has 0 aliphatic rings. The lowest BCUT2D eigenvalue weighted by Crippen LogP contribution is -2.29. The first-order valence-electron chi connectivity index (χ1n) is 5.75. The summed E-state index contributed by atoms with van der Waals surface area (Å²) in [7, 11) is 0. The maximum atomic E-state index is 11.4. The van der Waals surface area contributed by atoms with E-state index in [1.165, 1.54) is 0 Å². The Morgan fingerprint density at radius 3 is 2.68 bits per heavy atom. The van der Waals surface area contributed by atoms with Gasteiger partial charge in [-0.1, -0.05) is 18.2 Å². The number of oxazole rings is 1. The summed E-state index contributed by atoms with van der Waals surface area (Å²) in [5.74, 6) is 5.27. The number of hydrogen-bond acceptors (Lipinski definition) is 4. The number of fused-ring (bicyclic) bond motifs is 1. The number of aromatic nitrogens is 1. The van der Waals surface area contributed by atoms with Crippen LogP contribution in [-0.4, -0.2) is 10.9 Å². The van der Waals surface area contributed by atoms with Crippen molar-refractivity contribution in [1.29, 1.82) is 0 Å². The smallest absolute Gasteiger partial charge is 0.265 e. The minimum atomic E-state index is -0.355. The van der Waals surface area contributed by atoms with Gasteiger partial charge >= 0.3 is 0 Å². The molecule has 0 radical (unpaired) electrons. The van der Waals surface area contributed by atoms with Crippen LogP contribution in [0.25, 0.3) is 22.6 Å². The highest BCUT2D eigenvalue weighted by molar-refractivity contribution is 5.96. The van der Waals surface area contributed by atoms with E-state index in [2.05, 4.69) is 10.4 Å². The zero-order chi connectivity index (χ0) is 13.2. The van der Waals surface area contributed by atoms with Crippen molar-refractivity contribution in [2.45, 2.75) is 0 Å². The van der Waals surface area contributed by atoms with Crippen molar-refractivity contribution in [3.8, 4) is 11.5 Å². The van der Waals surface area contributed by atoms with Crippen LogP contribution in [0, 0.1) is 0 Å². The molecule has 0 fully saturated rings. The highest BCUT2D eigenvalue weighted by Crippen LogP contribution is 2.24. The van der Waals surface area contributed by atoms with E-state index in [0.29, 0.717) is 22.6 Å². The van der Waals surface area contributed by atoms with E-state index in [-0.39, 0.29) is 5.91 Å². The first-order chi connectivity index (χ1) is 9.28. The van der Waals surface area contributed by atoms with Crippen LogP contribution in [0.1, 0.15) is 10.4 Å². The molecule has 3 rings (SSSR count). The molecule has 1 aromatic heterocycles. The highest BCUT2D eigenvalue weighted by atomic mass is 16.3. The molecule has 0 saturated heterocycles. The fourth-order valence-electron chi connectivity index (χ4n) is 1.86. The van der Waals surface area contributed by atoms with Gasteiger partial charge in [-0.05, 0) is 30.3 Å². The third kappa shape index (κ3) is 2.07. The standard InChI is InChI=1S/C14H11N3O2/c15-17-13(18)10-6-7-12-11(8-10)16-14(19-12)9-4-2-1-3-5-9/h1-8H,15H2,(H,17,18). The Bertz CT molecular complexity index is 735. The first kappa shape index (κ1) is 11.4. The second kappa shape index (κ2) is 4.55. The zero-order valence-corrected chi connectivity index (χ0v) is 9.96. The molecule has 0 atom stereocenters. The van der Waals surface area contributed by atoms with E-state index < -0.39 is 0 Å². The van der Waals surface area contributed by atoms with Gasteiger partial charge in [0, 0.05) is 11.1 Å². The molecule has 1 heterocycles. The summed E-state index contributed by atoms with van der Waals surface area (Å²) < 4.78 is 5.65. The van der Waals surface area contributed by atoms with Gasteiger partial charge in [-0.15, -0.1) is 0 Å². The average molecular weight is 253 g/mol. The number of carbonyl (C=O) groups excluding carboxylic acids is 1. The van der Waals surface area contributed by atoms with Crippen molar-refractivity contribution in [3.63, 3.8) is 0 Å². The number of hydrogen-bond donors (Lipinski definition) is 2. The van der Waals surface area contributed by atoms with Crippen LogP contribution in [0.5, 0.6) is 0 Å². The Hall–Kier alpha value is -2.66. The van der Waals surface area contributed by atoms with Gasteiger partial charge in [-0.3, -0.25) is 10.2 Å². The Balaban J connectivity index is 2.09. The summed E-state index contributed by atoms with van der Waals surface area (Å²) >= 11 is 0. The number of hydrazine groups is 1. The highest BCUT2D eigenvalue weighted by Gasteiger charge is 2.10. The second-order valence-electron chi connectivity index (χ2n) is 4.04. The Labute approximate surface area is 109 Å². The van der Waals surface area contributed by atoms with Crippen LogP contribution in [0.4, 0.5) is 0 Å². The van der Waals surface area contributed by atoms with E-state index >= 15 is 0 Å². The number of nitrogen functional groups attached to an aromatic ring is 1. The quantitative estimate of drug-likeness (QED) is 0.416. The van der Waals surface area contributed by atoms with Crippen LogP contribution in [0.3, 0.4) is 0 Å². The lowest BCUT2D eigenvalue weighted by molar-refractivity contribution is 0.0954. The maximum Gasteiger partial charge on any atom is 0.265 e. The van der Waals surface area contributed by atoms with Crippen molar-refractivity contribution < 1.29 is 9.21 Å². The molecule has 1 amide bonds. The first-order valence-corrected chi connectivity index (χ1v) is 5.75. The summed E-state index contributed by atoms with van der Waals surface area (Å²) in [4.78, 5) is 15.8. The molecule has 5 nitrogen and oxygen atoms in total. The Morgan fingerprint density at radius 1 is 1.16 bits per heavy atom. The molecule has 0 bridgehead atoms. The van der Waals surface area contributed by atoms with Gasteiger partial charge < -0.3 is 4.42 Å². The molecule has 0 saturated carbocycles. The number of nitrogens with zero attached hydrogens (tertiary/aromatic N) is 1. The number of benzene rings is 2. The lowest BCUT2D eigenvalue weighted by Gasteiger charge is -1.97. The molecule has 3 aromatic rings. The number of rotatable bonds is 2. The number of carbonyl (C=O) groups is 1. The van der Waals surface area contributed by atoms with E-state index in [4.69, 9.17) is 10.3 Å². The zero-order valence-electron chi connectivity index (χ0n) is 9.96. The van der Waals surface area contributed by atoms with Gasteiger partial charge in [-0.2, -0.15) is 0 Å². The summed E-state index contributed by atoms with van der Waals surface area (Å²) in [6.45, 7) is 0. The Kier molecular flexibility index (Phi) is 2.74. The molecule has 2 aromatic carbocycles. The minimum Gasteiger partial charge on any atom is -0.436 e. The molecule has 0 unspecified atom stereocenters. The molecule has 5 heteroatoms. The second-order valence-corrected chi connectivity index (χ2v) is 4.04. The SMILES string of the molecule is NNC(=O)c1ccc2oc(-c3ccccc3)nc2c1. The molecular weight excluding hydrogens is 242 g/mol. The largest absolute Gasteiger partial charge is 0.436 e. The molecule has 0 aliphatic heterocycles. The predicted octanol–water partition coefficient (Wildman–Crippen LogP) is 2.10. The molecule has 19 heavy (non-hydrogen) atoms. The molecule has 94 valence electrons. The third-order valence-electron chi connectivity index (χ3n) is 2.80. The van der Waals surface area contributed by atoms with Crippen LogP contribution in [0.2, 0.25) is 0 Å². The predicted molar refractivity (Wildman–Crippen MR) is 71.1 cm³/mol. The van der Waals surface area contributed by atoms with Gasteiger partial charge in [0.05, 0.1) is 0 Å². The van der Waals surface area contributed by atoms with Crippen molar-refractivity contribution >= 4 is 17.0 Å². The molecule has 0 spiro atoms. The monoisotopic (exact) mass is 253 g/mol. The molecule has 3 N–H and O–H groups in total. The Morgan fingerprint density at radius 2 is 1.95 bits per heavy atom. The van der Waals surface area contributed by atoms with Crippen molar-refractivity contribution in [1.82, 2.24) is 10.4 Å². The van der Waals surface area contributed by atoms with Gasteiger partial charge in [0.15, 0.2) is 5.58 Å². The maximum absolute atomic E-state index is 11.4. The van der Waals surface area contributed by atoms with Crippen LogP contribution in [0.15, 0.2) is 52.9 Å². The van der Waals surface area contributed by atoms with Crippen LogP contribution >= 0.6 is 0 Å². The van der Waals surface area contributed by atoms with Gasteiger partial charge in [0.2, 0.25) is 5.89 Å². The average Bonchev–Trinajstić information content (AvgIpc) is 2.90. The number of nitrogens with two attached hydrogens (primary N) is 1. The fraction of sp³-hybridized carbons (Fsp3) is 0. The van der Waals surface area contributed by atoms with E-state index in [1.807, 2.05) is 30.3 Å². The summed E-state index contributed by atoms with van der Waals surface area (Å²) in [5.41, 5.74) is 4.68. The topological polar surface area (TPSA) is 81.1 Å². The normalized spacial score (nSPS) is 10.6. The van der Waals surface area contributed by atoms with Gasteiger partial charge in [0.1, 0.15) is 5.52 Å². The van der Waals surface area contributed by atoms with E-state index in [0.717, 1.165) is 5.56 Å². The molecule has 0 aliphatic carbocycles. The number of amides is 1. The summed E-state index contributed by atoms with van der Waals surface area (Å²) in [6.07, 6.45) is 0. The van der Waals surface area contributed by atoms with E-state index in [9.17, 15) is 4.79 Å². The minimum absolute atomic E-state index is 0.355. The third-order valence-corrected chi connectivity index (χ3v) is 2.80. The summed E-state index contributed by atoms with van der Waals surface area (Å²) in [5, 5.41) is 0. The van der Waals surface area contributed by atoms with Gasteiger partial charge in [-0.25, -0.2) is 10.8 Å². The van der Waals surface area contributed by atoms with Crippen molar-refractivity contribution in [2.24, 2.45) is 5.84 Å². The van der Waals surface area contributed by atoms with Crippen molar-refractivity contribution in [2.75, 3.05) is 0 Å². The number of nitrogens with one attached hydrogen (secondary N) is 1. The van der Waals surface area contributed by atoms with Crippen LogP contribution < -0.4 is 11.3 Å². The molecular formula is C14H11N3O2. The summed E-state index contributed by atoms with van der Waals surface area (Å²) in [6, 6.07) is 14.6. The van der Waals surface area contributed by atoms with Crippen LogP contribution in [-0.2, 0) is 0 Å². The lowest BCUT2D eigenvalue weighted by atomic mass is 10.2.